The lowest BCUT2D eigenvalue weighted by Crippen LogP contribution is -2.16. The van der Waals surface area contributed by atoms with Crippen LogP contribution in [0.1, 0.15) is 19.4 Å². The molecule has 0 saturated carbocycles. The Bertz CT molecular complexity index is 435. The molecule has 3 nitrogen and oxygen atoms in total. The fourth-order valence-electron chi connectivity index (χ4n) is 1.33. The highest BCUT2D eigenvalue weighted by molar-refractivity contribution is 6.02. The molecule has 0 aromatic heterocycles. The van der Waals surface area contributed by atoms with E-state index in [0.29, 0.717) is 6.41 Å². The van der Waals surface area contributed by atoms with Gasteiger partial charge in [0.2, 0.25) is 6.41 Å². The molecule has 1 amide bonds. The summed E-state index contributed by atoms with van der Waals surface area (Å²) < 4.78 is 38.8. The van der Waals surface area contributed by atoms with Crippen molar-refractivity contribution in [2.45, 2.75) is 13.8 Å². The summed E-state index contributed by atoms with van der Waals surface area (Å²) in [6.07, 6.45) is 0.332. The van der Waals surface area contributed by atoms with Crippen LogP contribution in [0, 0.1) is 23.4 Å². The van der Waals surface area contributed by atoms with Crippen molar-refractivity contribution < 1.29 is 18.0 Å². The Balaban J connectivity index is 3.24. The summed E-state index contributed by atoms with van der Waals surface area (Å²) in [4.78, 5) is 10.1. The summed E-state index contributed by atoms with van der Waals surface area (Å²) in [5.41, 5.74) is 2.40. The van der Waals surface area contributed by atoms with E-state index in [1.807, 2.05) is 0 Å². The van der Waals surface area contributed by atoms with Crippen molar-refractivity contribution in [1.82, 2.24) is 5.43 Å². The standard InChI is InChI=1S/C11H11F3N2O/c1-6(2)11(16-15-5-17)7-3-8(12)10(14)9(13)4-7/h3-6H,1-2H3,(H,15,17). The summed E-state index contributed by atoms with van der Waals surface area (Å²) in [6.45, 7) is 3.45. The second-order valence-corrected chi connectivity index (χ2v) is 3.65. The maximum absolute atomic E-state index is 13.0. The Morgan fingerprint density at radius 3 is 2.24 bits per heavy atom. The average molecular weight is 244 g/mol. The van der Waals surface area contributed by atoms with Gasteiger partial charge in [0.1, 0.15) is 0 Å². The number of carbonyl (C=O) groups is 1. The minimum Gasteiger partial charge on any atom is -0.277 e. The molecule has 0 fully saturated rings. The molecule has 0 radical (unpaired) electrons. The van der Waals surface area contributed by atoms with Gasteiger partial charge in [-0.05, 0) is 18.1 Å². The molecular formula is C11H11F3N2O. The van der Waals surface area contributed by atoms with Gasteiger partial charge in [0.25, 0.3) is 0 Å². The highest BCUT2D eigenvalue weighted by atomic mass is 19.2. The van der Waals surface area contributed by atoms with Gasteiger partial charge in [-0.25, -0.2) is 18.6 Å². The number of nitrogens with one attached hydrogen (secondary N) is 1. The van der Waals surface area contributed by atoms with Crippen molar-refractivity contribution in [3.8, 4) is 0 Å². The van der Waals surface area contributed by atoms with Crippen LogP contribution in [0.4, 0.5) is 13.2 Å². The number of carbonyl (C=O) groups excluding carboxylic acids is 1. The van der Waals surface area contributed by atoms with Gasteiger partial charge in [-0.2, -0.15) is 5.10 Å². The molecule has 0 heterocycles. The molecule has 17 heavy (non-hydrogen) atoms. The zero-order valence-electron chi connectivity index (χ0n) is 9.30. The second-order valence-electron chi connectivity index (χ2n) is 3.65. The van der Waals surface area contributed by atoms with E-state index in [1.165, 1.54) is 0 Å². The average Bonchev–Trinajstić information content (AvgIpc) is 2.25. The minimum atomic E-state index is -1.53. The third-order valence-electron chi connectivity index (χ3n) is 2.06. The molecule has 92 valence electrons. The summed E-state index contributed by atoms with van der Waals surface area (Å²) >= 11 is 0. The Morgan fingerprint density at radius 2 is 1.82 bits per heavy atom. The van der Waals surface area contributed by atoms with Crippen LogP contribution in [0.3, 0.4) is 0 Å². The molecule has 1 aromatic rings. The van der Waals surface area contributed by atoms with E-state index < -0.39 is 17.5 Å². The van der Waals surface area contributed by atoms with Crippen LogP contribution < -0.4 is 5.43 Å². The zero-order chi connectivity index (χ0) is 13.0. The van der Waals surface area contributed by atoms with Gasteiger partial charge >= 0.3 is 0 Å². The first kappa shape index (κ1) is 13.2. The largest absolute Gasteiger partial charge is 0.277 e. The molecule has 0 unspecified atom stereocenters. The zero-order valence-corrected chi connectivity index (χ0v) is 9.30. The molecule has 0 saturated heterocycles. The number of hydrazone groups is 1. The Labute approximate surface area is 96.3 Å². The third kappa shape index (κ3) is 3.05. The van der Waals surface area contributed by atoms with E-state index in [9.17, 15) is 18.0 Å². The van der Waals surface area contributed by atoms with Crippen LogP contribution in [0.2, 0.25) is 0 Å². The molecule has 1 aromatic carbocycles. The van der Waals surface area contributed by atoms with Crippen LogP contribution in [-0.4, -0.2) is 12.1 Å². The fraction of sp³-hybridized carbons (Fsp3) is 0.273. The Morgan fingerprint density at radius 1 is 1.29 bits per heavy atom. The Kier molecular flexibility index (Phi) is 4.25. The number of rotatable bonds is 4. The summed E-state index contributed by atoms with van der Waals surface area (Å²) in [5.74, 6) is -4.30. The predicted octanol–water partition coefficient (Wildman–Crippen LogP) is 2.21. The molecule has 0 spiro atoms. The predicted molar refractivity (Wildman–Crippen MR) is 56.9 cm³/mol. The molecule has 1 rings (SSSR count). The smallest absolute Gasteiger partial charge is 0.227 e. The topological polar surface area (TPSA) is 41.5 Å². The van der Waals surface area contributed by atoms with E-state index in [1.54, 1.807) is 13.8 Å². The fourth-order valence-corrected chi connectivity index (χ4v) is 1.33. The SMILES string of the molecule is CC(C)C(=NNC=O)c1cc(F)c(F)c(F)c1. The number of halogens is 3. The first-order valence-electron chi connectivity index (χ1n) is 4.89. The highest BCUT2D eigenvalue weighted by Gasteiger charge is 2.16. The molecule has 0 aliphatic rings. The van der Waals surface area contributed by atoms with Gasteiger partial charge < -0.3 is 0 Å². The van der Waals surface area contributed by atoms with E-state index in [4.69, 9.17) is 0 Å². The van der Waals surface area contributed by atoms with Crippen molar-refractivity contribution in [3.63, 3.8) is 0 Å². The van der Waals surface area contributed by atoms with Gasteiger partial charge in [0.15, 0.2) is 17.5 Å². The lowest BCUT2D eigenvalue weighted by atomic mass is 10.00. The second kappa shape index (κ2) is 5.47. The van der Waals surface area contributed by atoms with E-state index in [0.717, 1.165) is 12.1 Å². The molecule has 0 bridgehead atoms. The first-order chi connectivity index (χ1) is 7.97. The maximum Gasteiger partial charge on any atom is 0.227 e. The number of hydrogen-bond donors (Lipinski definition) is 1. The molecule has 0 aliphatic heterocycles. The molecular weight excluding hydrogens is 233 g/mol. The van der Waals surface area contributed by atoms with Crippen LogP contribution in [0.5, 0.6) is 0 Å². The van der Waals surface area contributed by atoms with Gasteiger partial charge in [0, 0.05) is 5.56 Å². The molecule has 0 atom stereocenters. The Hall–Kier alpha value is -1.85. The van der Waals surface area contributed by atoms with Crippen molar-refractivity contribution in [2.75, 3.05) is 0 Å². The molecule has 0 aliphatic carbocycles. The van der Waals surface area contributed by atoms with Crippen LogP contribution in [0.25, 0.3) is 0 Å². The van der Waals surface area contributed by atoms with Crippen molar-refractivity contribution in [3.05, 3.63) is 35.1 Å². The highest BCUT2D eigenvalue weighted by Crippen LogP contribution is 2.17. The van der Waals surface area contributed by atoms with E-state index in [2.05, 4.69) is 10.5 Å². The first-order valence-corrected chi connectivity index (χ1v) is 4.89. The number of amides is 1. The minimum absolute atomic E-state index is 0.0887. The monoisotopic (exact) mass is 244 g/mol. The van der Waals surface area contributed by atoms with E-state index in [-0.39, 0.29) is 17.2 Å². The van der Waals surface area contributed by atoms with Crippen molar-refractivity contribution in [1.29, 1.82) is 0 Å². The number of nitrogens with zero attached hydrogens (tertiary/aromatic N) is 1. The number of benzene rings is 1. The quantitative estimate of drug-likeness (QED) is 0.375. The molecule has 1 N–H and O–H groups in total. The maximum atomic E-state index is 13.0. The summed E-state index contributed by atoms with van der Waals surface area (Å²) in [5, 5.41) is 3.67. The van der Waals surface area contributed by atoms with Crippen LogP contribution in [-0.2, 0) is 4.79 Å². The van der Waals surface area contributed by atoms with Gasteiger partial charge in [-0.15, -0.1) is 0 Å². The van der Waals surface area contributed by atoms with Gasteiger partial charge in [-0.1, -0.05) is 13.8 Å². The normalized spacial score (nSPS) is 11.8. The van der Waals surface area contributed by atoms with E-state index >= 15 is 0 Å². The van der Waals surface area contributed by atoms with Crippen molar-refractivity contribution in [2.24, 2.45) is 11.0 Å². The number of hydrogen-bond acceptors (Lipinski definition) is 2. The van der Waals surface area contributed by atoms with Gasteiger partial charge in [-0.3, -0.25) is 4.79 Å². The summed E-state index contributed by atoms with van der Waals surface area (Å²) in [6, 6.07) is 1.67. The summed E-state index contributed by atoms with van der Waals surface area (Å²) in [7, 11) is 0. The van der Waals surface area contributed by atoms with Crippen LogP contribution >= 0.6 is 0 Å². The van der Waals surface area contributed by atoms with Gasteiger partial charge in [0.05, 0.1) is 5.71 Å². The lowest BCUT2D eigenvalue weighted by Gasteiger charge is -2.10. The van der Waals surface area contributed by atoms with Crippen molar-refractivity contribution >= 4 is 12.1 Å². The third-order valence-corrected chi connectivity index (χ3v) is 2.06. The lowest BCUT2D eigenvalue weighted by molar-refractivity contribution is -0.109. The van der Waals surface area contributed by atoms with Crippen LogP contribution in [0.15, 0.2) is 17.2 Å². The molecule has 6 heteroatoms.